The highest BCUT2D eigenvalue weighted by Crippen LogP contribution is 2.27. The minimum absolute atomic E-state index is 0.0531. The Kier molecular flexibility index (Phi) is 4.20. The van der Waals surface area contributed by atoms with E-state index in [-0.39, 0.29) is 12.5 Å². The number of likely N-dealkylation sites (tertiary alicyclic amines) is 1. The quantitative estimate of drug-likeness (QED) is 0.907. The van der Waals surface area contributed by atoms with Crippen LogP contribution in [0.2, 0.25) is 10.2 Å². The number of carbonyl (C=O) groups excluding carboxylic acids is 1. The fraction of sp³-hybridized carbons (Fsp3) is 0.583. The Morgan fingerprint density at radius 2 is 2.06 bits per heavy atom. The van der Waals surface area contributed by atoms with Crippen LogP contribution in [0.3, 0.4) is 0 Å². The third-order valence-corrected chi connectivity index (χ3v) is 4.34. The van der Waals surface area contributed by atoms with Gasteiger partial charge in [0, 0.05) is 26.7 Å². The first kappa shape index (κ1) is 13.7. The molecule has 100 valence electrons. The Hall–Kier alpha value is -0.710. The molecule has 6 heteroatoms. The van der Waals surface area contributed by atoms with Gasteiger partial charge in [-0.3, -0.25) is 4.79 Å². The lowest BCUT2D eigenvalue weighted by Crippen LogP contribution is -2.39. The number of aliphatic hydroxyl groups excluding tert-OH is 1. The average molecular weight is 291 g/mol. The summed E-state index contributed by atoms with van der Waals surface area (Å²) in [6.07, 6.45) is 1.68. The van der Waals surface area contributed by atoms with Crippen molar-refractivity contribution in [1.29, 1.82) is 0 Å². The Morgan fingerprint density at radius 1 is 1.44 bits per heavy atom. The maximum atomic E-state index is 12.3. The zero-order valence-corrected chi connectivity index (χ0v) is 11.7. The second-order valence-electron chi connectivity index (χ2n) is 4.65. The molecule has 0 atom stereocenters. The van der Waals surface area contributed by atoms with E-state index >= 15 is 0 Å². The van der Waals surface area contributed by atoms with E-state index in [0.29, 0.717) is 34.9 Å². The molecule has 1 aromatic heterocycles. The molecular formula is C12H16Cl2N2O2. The van der Waals surface area contributed by atoms with Crippen molar-refractivity contribution in [1.82, 2.24) is 9.47 Å². The smallest absolute Gasteiger partial charge is 0.270 e. The summed E-state index contributed by atoms with van der Waals surface area (Å²) < 4.78 is 1.60. The molecule has 1 N–H and O–H groups in total. The van der Waals surface area contributed by atoms with Gasteiger partial charge in [-0.05, 0) is 24.8 Å². The van der Waals surface area contributed by atoms with Crippen molar-refractivity contribution < 1.29 is 9.90 Å². The SMILES string of the molecule is Cn1c(C(=O)N2CCC(CO)CC2)cc(Cl)c1Cl. The number of aliphatic hydroxyl groups is 1. The molecule has 0 unspecified atom stereocenters. The highest BCUT2D eigenvalue weighted by molar-refractivity contribution is 6.41. The molecule has 4 nitrogen and oxygen atoms in total. The molecule has 2 heterocycles. The summed E-state index contributed by atoms with van der Waals surface area (Å²) in [6, 6.07) is 1.60. The van der Waals surface area contributed by atoms with Gasteiger partial charge in [0.05, 0.1) is 5.02 Å². The fourth-order valence-corrected chi connectivity index (χ4v) is 2.60. The van der Waals surface area contributed by atoms with Crippen LogP contribution in [0.15, 0.2) is 6.07 Å². The molecule has 0 saturated carbocycles. The number of piperidine rings is 1. The molecule has 1 aliphatic heterocycles. The molecule has 1 aromatic rings. The Bertz CT molecular complexity index is 451. The van der Waals surface area contributed by atoms with Crippen LogP contribution in [0.1, 0.15) is 23.3 Å². The zero-order chi connectivity index (χ0) is 13.3. The standard InChI is InChI=1S/C12H16Cl2N2O2/c1-15-10(6-9(13)11(15)14)12(18)16-4-2-8(7-17)3-5-16/h6,8,17H,2-5,7H2,1H3. The first-order valence-electron chi connectivity index (χ1n) is 5.95. The molecule has 0 aliphatic carbocycles. The molecule has 0 spiro atoms. The van der Waals surface area contributed by atoms with Crippen LogP contribution < -0.4 is 0 Å². The molecule has 0 radical (unpaired) electrons. The van der Waals surface area contributed by atoms with Gasteiger partial charge in [-0.25, -0.2) is 0 Å². The molecule has 1 aliphatic rings. The minimum Gasteiger partial charge on any atom is -0.396 e. The first-order chi connectivity index (χ1) is 8.54. The van der Waals surface area contributed by atoms with Crippen LogP contribution in [0.4, 0.5) is 0 Å². The molecule has 2 rings (SSSR count). The lowest BCUT2D eigenvalue weighted by atomic mass is 9.98. The van der Waals surface area contributed by atoms with Gasteiger partial charge in [0.2, 0.25) is 0 Å². The van der Waals surface area contributed by atoms with E-state index in [1.54, 1.807) is 22.6 Å². The summed E-state index contributed by atoms with van der Waals surface area (Å²) in [5.41, 5.74) is 0.507. The van der Waals surface area contributed by atoms with Crippen LogP contribution in [0, 0.1) is 5.92 Å². The van der Waals surface area contributed by atoms with Gasteiger partial charge in [0.15, 0.2) is 0 Å². The fourth-order valence-electron chi connectivity index (χ4n) is 2.23. The van der Waals surface area contributed by atoms with Gasteiger partial charge in [-0.1, -0.05) is 23.2 Å². The van der Waals surface area contributed by atoms with Crippen LogP contribution in [0.5, 0.6) is 0 Å². The van der Waals surface area contributed by atoms with Gasteiger partial charge < -0.3 is 14.6 Å². The minimum atomic E-state index is -0.0531. The Morgan fingerprint density at radius 3 is 2.50 bits per heavy atom. The van der Waals surface area contributed by atoms with E-state index in [0.717, 1.165) is 12.8 Å². The number of carbonyl (C=O) groups is 1. The highest BCUT2D eigenvalue weighted by Gasteiger charge is 2.25. The summed E-state index contributed by atoms with van der Waals surface area (Å²) in [5, 5.41) is 9.85. The third kappa shape index (κ3) is 2.51. The van der Waals surface area contributed by atoms with E-state index < -0.39 is 0 Å². The number of hydrogen-bond donors (Lipinski definition) is 1. The average Bonchev–Trinajstić information content (AvgIpc) is 2.66. The molecular weight excluding hydrogens is 275 g/mol. The second kappa shape index (κ2) is 5.51. The van der Waals surface area contributed by atoms with Crippen LogP contribution in [-0.4, -0.2) is 40.2 Å². The number of rotatable bonds is 2. The van der Waals surface area contributed by atoms with Gasteiger partial charge >= 0.3 is 0 Å². The second-order valence-corrected chi connectivity index (χ2v) is 5.41. The van der Waals surface area contributed by atoms with E-state index in [2.05, 4.69) is 0 Å². The molecule has 0 bridgehead atoms. The Labute approximate surface area is 116 Å². The van der Waals surface area contributed by atoms with E-state index in [1.165, 1.54) is 0 Å². The van der Waals surface area contributed by atoms with Crippen molar-refractivity contribution in [3.63, 3.8) is 0 Å². The first-order valence-corrected chi connectivity index (χ1v) is 6.71. The van der Waals surface area contributed by atoms with E-state index in [1.807, 2.05) is 0 Å². The van der Waals surface area contributed by atoms with Crippen molar-refractivity contribution in [2.45, 2.75) is 12.8 Å². The van der Waals surface area contributed by atoms with Crippen molar-refractivity contribution in [3.05, 3.63) is 21.9 Å². The molecule has 1 saturated heterocycles. The molecule has 1 fully saturated rings. The lowest BCUT2D eigenvalue weighted by Gasteiger charge is -2.31. The van der Waals surface area contributed by atoms with Crippen LogP contribution in [-0.2, 0) is 7.05 Å². The summed E-state index contributed by atoms with van der Waals surface area (Å²) in [5.74, 6) is 0.261. The number of halogens is 2. The predicted octanol–water partition coefficient (Wildman–Crippen LogP) is 2.18. The maximum absolute atomic E-state index is 12.3. The summed E-state index contributed by atoms with van der Waals surface area (Å²) in [6.45, 7) is 1.54. The largest absolute Gasteiger partial charge is 0.396 e. The van der Waals surface area contributed by atoms with E-state index in [9.17, 15) is 4.79 Å². The Balaban J connectivity index is 2.10. The summed E-state index contributed by atoms with van der Waals surface area (Å²) in [4.78, 5) is 14.1. The molecule has 0 aromatic carbocycles. The summed E-state index contributed by atoms with van der Waals surface area (Å²) in [7, 11) is 1.72. The monoisotopic (exact) mass is 290 g/mol. The molecule has 1 amide bonds. The van der Waals surface area contributed by atoms with Gasteiger partial charge in [0.1, 0.15) is 10.8 Å². The number of amides is 1. The number of nitrogens with zero attached hydrogens (tertiary/aromatic N) is 2. The van der Waals surface area contributed by atoms with Crippen molar-refractivity contribution in [2.75, 3.05) is 19.7 Å². The van der Waals surface area contributed by atoms with Crippen molar-refractivity contribution in [3.8, 4) is 0 Å². The zero-order valence-electron chi connectivity index (χ0n) is 10.2. The van der Waals surface area contributed by atoms with Crippen LogP contribution >= 0.6 is 23.2 Å². The summed E-state index contributed by atoms with van der Waals surface area (Å²) >= 11 is 11.9. The van der Waals surface area contributed by atoms with Gasteiger partial charge in [0.25, 0.3) is 5.91 Å². The predicted molar refractivity (Wildman–Crippen MR) is 71.1 cm³/mol. The topological polar surface area (TPSA) is 45.5 Å². The highest BCUT2D eigenvalue weighted by atomic mass is 35.5. The lowest BCUT2D eigenvalue weighted by molar-refractivity contribution is 0.0641. The van der Waals surface area contributed by atoms with Crippen molar-refractivity contribution >= 4 is 29.1 Å². The van der Waals surface area contributed by atoms with Gasteiger partial charge in [-0.2, -0.15) is 0 Å². The van der Waals surface area contributed by atoms with Gasteiger partial charge in [-0.15, -0.1) is 0 Å². The van der Waals surface area contributed by atoms with Crippen LogP contribution in [0.25, 0.3) is 0 Å². The van der Waals surface area contributed by atoms with E-state index in [4.69, 9.17) is 28.3 Å². The third-order valence-electron chi connectivity index (χ3n) is 3.50. The normalized spacial score (nSPS) is 17.2. The van der Waals surface area contributed by atoms with Crippen molar-refractivity contribution in [2.24, 2.45) is 13.0 Å². The number of aromatic nitrogens is 1. The molecule has 18 heavy (non-hydrogen) atoms. The number of hydrogen-bond acceptors (Lipinski definition) is 2. The maximum Gasteiger partial charge on any atom is 0.270 e.